The average Bonchev–Trinajstić information content (AvgIpc) is 2.98. The van der Waals surface area contributed by atoms with Crippen molar-refractivity contribution in [2.45, 2.75) is 6.42 Å². The number of imide groups is 1. The molecule has 1 heterocycles. The number of hydrogen-bond donors (Lipinski definition) is 0. The van der Waals surface area contributed by atoms with Gasteiger partial charge in [-0.15, -0.1) is 5.06 Å². The molecule has 0 radical (unpaired) electrons. The lowest BCUT2D eigenvalue weighted by Crippen LogP contribution is -2.38. The van der Waals surface area contributed by atoms with Crippen LogP contribution in [0.4, 0.5) is 0 Å². The fourth-order valence-electron chi connectivity index (χ4n) is 3.12. The predicted octanol–water partition coefficient (Wildman–Crippen LogP) is 0.572. The zero-order chi connectivity index (χ0) is 13.0. The van der Waals surface area contributed by atoms with E-state index in [-0.39, 0.29) is 40.7 Å². The van der Waals surface area contributed by atoms with Crippen LogP contribution in [-0.2, 0) is 14.4 Å². The Morgan fingerprint density at radius 3 is 2.22 bits per heavy atom. The molecule has 0 aromatic rings. The molecule has 4 atom stereocenters. The summed E-state index contributed by atoms with van der Waals surface area (Å²) in [5.41, 5.74) is 0. The van der Waals surface area contributed by atoms with E-state index in [1.54, 1.807) is 19.0 Å². The van der Waals surface area contributed by atoms with E-state index < -0.39 is 0 Å². The van der Waals surface area contributed by atoms with Crippen LogP contribution in [-0.4, -0.2) is 41.0 Å². The molecule has 0 N–H and O–H groups in total. The Bertz CT molecular complexity index is 444. The van der Waals surface area contributed by atoms with Crippen LogP contribution in [0.3, 0.4) is 0 Å². The van der Waals surface area contributed by atoms with E-state index in [4.69, 9.17) is 17.1 Å². The topological polar surface area (TPSA) is 49.9 Å². The molecule has 2 amide bonds. The molecule has 2 aliphatic carbocycles. The predicted molar refractivity (Wildman–Crippen MR) is 66.9 cm³/mol. The summed E-state index contributed by atoms with van der Waals surface area (Å²) >= 11 is 4.97. The first kappa shape index (κ1) is 11.6. The lowest BCUT2D eigenvalue weighted by atomic mass is 9.85. The normalized spacial score (nSPS) is 36.2. The molecule has 1 saturated heterocycles. The van der Waals surface area contributed by atoms with Gasteiger partial charge in [-0.25, -0.2) is 0 Å². The van der Waals surface area contributed by atoms with Gasteiger partial charge in [0.2, 0.25) is 0 Å². The van der Waals surface area contributed by atoms with Crippen molar-refractivity contribution in [2.24, 2.45) is 23.7 Å². The lowest BCUT2D eigenvalue weighted by Gasteiger charge is -2.20. The molecule has 2 fully saturated rings. The van der Waals surface area contributed by atoms with Gasteiger partial charge in [-0.3, -0.25) is 9.59 Å². The summed E-state index contributed by atoms with van der Waals surface area (Å²) in [4.78, 5) is 31.2. The molecule has 6 heteroatoms. The Morgan fingerprint density at radius 2 is 1.78 bits per heavy atom. The van der Waals surface area contributed by atoms with Gasteiger partial charge >= 0.3 is 0 Å². The Kier molecular flexibility index (Phi) is 2.45. The summed E-state index contributed by atoms with van der Waals surface area (Å²) in [7, 11) is 3.42. The Labute approximate surface area is 110 Å². The molecule has 1 aliphatic heterocycles. The van der Waals surface area contributed by atoms with Crippen molar-refractivity contribution in [2.75, 3.05) is 14.1 Å². The molecule has 3 rings (SSSR count). The second-order valence-electron chi connectivity index (χ2n) is 5.22. The quantitative estimate of drug-likeness (QED) is 0.394. The standard InChI is InChI=1S/C12H14N2O3S/c1-13(2)12(18)17-14-10(15)8-6-3-4-7(5-6)9(8)11(14)16/h3-4,6-9H,5H2,1-2H3. The average molecular weight is 266 g/mol. The van der Waals surface area contributed by atoms with Crippen LogP contribution < -0.4 is 0 Å². The molecule has 96 valence electrons. The van der Waals surface area contributed by atoms with Crippen LogP contribution in [0.2, 0.25) is 0 Å². The van der Waals surface area contributed by atoms with Crippen LogP contribution in [0.15, 0.2) is 12.2 Å². The van der Waals surface area contributed by atoms with Gasteiger partial charge in [-0.2, -0.15) is 0 Å². The number of hydroxylamine groups is 2. The highest BCUT2D eigenvalue weighted by atomic mass is 32.1. The molecule has 0 aromatic carbocycles. The Hall–Kier alpha value is -1.43. The Balaban J connectivity index is 1.82. The molecular weight excluding hydrogens is 252 g/mol. The van der Waals surface area contributed by atoms with E-state index in [0.717, 1.165) is 11.5 Å². The minimum absolute atomic E-state index is 0.122. The van der Waals surface area contributed by atoms with E-state index in [9.17, 15) is 9.59 Å². The number of rotatable bonds is 1. The fourth-order valence-corrected chi connectivity index (χ4v) is 3.20. The second kappa shape index (κ2) is 3.78. The number of amides is 2. The number of fused-ring (bicyclic) bond motifs is 5. The number of carbonyl (C=O) groups excluding carboxylic acids is 2. The van der Waals surface area contributed by atoms with Gasteiger partial charge in [0.25, 0.3) is 17.0 Å². The summed E-state index contributed by atoms with van der Waals surface area (Å²) < 4.78 is 0. The minimum atomic E-state index is -0.244. The van der Waals surface area contributed by atoms with Crippen LogP contribution in [0.25, 0.3) is 0 Å². The maximum atomic E-state index is 12.2. The zero-order valence-electron chi connectivity index (χ0n) is 10.2. The number of allylic oxidation sites excluding steroid dienone is 2. The van der Waals surface area contributed by atoms with Gasteiger partial charge in [0, 0.05) is 14.1 Å². The molecule has 0 spiro atoms. The van der Waals surface area contributed by atoms with Crippen molar-refractivity contribution in [3.8, 4) is 0 Å². The highest BCUT2D eigenvalue weighted by molar-refractivity contribution is 7.80. The highest BCUT2D eigenvalue weighted by Crippen LogP contribution is 2.52. The van der Waals surface area contributed by atoms with Crippen molar-refractivity contribution in [3.63, 3.8) is 0 Å². The first-order valence-electron chi connectivity index (χ1n) is 5.96. The summed E-state index contributed by atoms with van der Waals surface area (Å²) in [5.74, 6) is -0.581. The molecule has 1 saturated carbocycles. The summed E-state index contributed by atoms with van der Waals surface area (Å²) in [6.45, 7) is 0. The third kappa shape index (κ3) is 1.41. The van der Waals surface area contributed by atoms with Crippen LogP contribution >= 0.6 is 12.2 Å². The van der Waals surface area contributed by atoms with E-state index in [0.29, 0.717) is 0 Å². The third-order valence-corrected chi connectivity index (χ3v) is 4.40. The van der Waals surface area contributed by atoms with E-state index in [2.05, 4.69) is 0 Å². The Morgan fingerprint density at radius 1 is 1.28 bits per heavy atom. The fraction of sp³-hybridized carbons (Fsp3) is 0.583. The molecule has 4 unspecified atom stereocenters. The maximum Gasteiger partial charge on any atom is 0.289 e. The highest BCUT2D eigenvalue weighted by Gasteiger charge is 2.60. The third-order valence-electron chi connectivity index (χ3n) is 3.96. The van der Waals surface area contributed by atoms with Crippen LogP contribution in [0.5, 0.6) is 0 Å². The number of nitrogens with zero attached hydrogens (tertiary/aromatic N) is 2. The van der Waals surface area contributed by atoms with Crippen LogP contribution in [0, 0.1) is 23.7 Å². The van der Waals surface area contributed by atoms with Crippen LogP contribution in [0.1, 0.15) is 6.42 Å². The summed E-state index contributed by atoms with van der Waals surface area (Å²) in [5, 5.41) is 0.987. The van der Waals surface area contributed by atoms with Crippen molar-refractivity contribution in [1.29, 1.82) is 0 Å². The minimum Gasteiger partial charge on any atom is -0.338 e. The summed E-state index contributed by atoms with van der Waals surface area (Å²) in [6, 6.07) is 0. The smallest absolute Gasteiger partial charge is 0.289 e. The van der Waals surface area contributed by atoms with Gasteiger partial charge in [-0.05, 0) is 30.5 Å². The van der Waals surface area contributed by atoms with Crippen molar-refractivity contribution in [1.82, 2.24) is 9.96 Å². The molecule has 2 bridgehead atoms. The van der Waals surface area contributed by atoms with Gasteiger partial charge in [0.1, 0.15) is 0 Å². The zero-order valence-corrected chi connectivity index (χ0v) is 11.0. The number of hydrogen-bond acceptors (Lipinski definition) is 4. The van der Waals surface area contributed by atoms with Gasteiger partial charge in [-0.1, -0.05) is 12.2 Å². The molecule has 3 aliphatic rings. The van der Waals surface area contributed by atoms with Gasteiger partial charge in [0.15, 0.2) is 0 Å². The molecule has 5 nitrogen and oxygen atoms in total. The summed E-state index contributed by atoms with van der Waals surface area (Å²) in [6.07, 6.45) is 5.01. The maximum absolute atomic E-state index is 12.2. The van der Waals surface area contributed by atoms with Crippen molar-refractivity contribution >= 4 is 29.2 Å². The number of thiocarbonyl (C=S) groups is 1. The number of carbonyl (C=O) groups is 2. The first-order chi connectivity index (χ1) is 8.50. The van der Waals surface area contributed by atoms with Crippen molar-refractivity contribution in [3.05, 3.63) is 12.2 Å². The van der Waals surface area contributed by atoms with E-state index in [1.807, 2.05) is 12.2 Å². The van der Waals surface area contributed by atoms with E-state index >= 15 is 0 Å². The SMILES string of the molecule is CN(C)C(=S)ON1C(=O)C2C3C=CC(C3)C2C1=O. The van der Waals surface area contributed by atoms with Gasteiger partial charge in [0.05, 0.1) is 11.8 Å². The van der Waals surface area contributed by atoms with Gasteiger partial charge < -0.3 is 9.74 Å². The second-order valence-corrected chi connectivity index (χ2v) is 5.57. The largest absolute Gasteiger partial charge is 0.338 e. The molecular formula is C12H14N2O3S. The molecule has 0 aromatic heterocycles. The monoisotopic (exact) mass is 266 g/mol. The van der Waals surface area contributed by atoms with E-state index in [1.165, 1.54) is 0 Å². The first-order valence-corrected chi connectivity index (χ1v) is 6.37. The van der Waals surface area contributed by atoms with Crippen molar-refractivity contribution < 1.29 is 14.4 Å². The molecule has 18 heavy (non-hydrogen) atoms. The lowest BCUT2D eigenvalue weighted by molar-refractivity contribution is -0.171.